The van der Waals surface area contributed by atoms with Gasteiger partial charge < -0.3 is 30.5 Å². The predicted molar refractivity (Wildman–Crippen MR) is 116 cm³/mol. The predicted octanol–water partition coefficient (Wildman–Crippen LogP) is -0.215. The molecule has 0 unspecified atom stereocenters. The standard InChI is InChI=1S/C19H31N5O7S/c1-13-4-6-14(7-5-13)32(28,29)23-12-22-15(20)8-9-16(21)24(11-18(26)27)17(25)10-19(30-2)31-3/h4-7,16,19,23H,8-12,21H2,1-3H3,(H2,20,22)(H,26,27)/t16-/m0/s1. The van der Waals surface area contributed by atoms with E-state index in [-0.39, 0.29) is 36.7 Å². The summed E-state index contributed by atoms with van der Waals surface area (Å²) in [5.41, 5.74) is 6.91. The van der Waals surface area contributed by atoms with Gasteiger partial charge in [-0.2, -0.15) is 4.72 Å². The van der Waals surface area contributed by atoms with E-state index >= 15 is 0 Å². The molecule has 1 rings (SSSR count). The van der Waals surface area contributed by atoms with E-state index < -0.39 is 40.9 Å². The zero-order valence-corrected chi connectivity index (χ0v) is 19.1. The zero-order chi connectivity index (χ0) is 24.3. The molecule has 1 aromatic carbocycles. The van der Waals surface area contributed by atoms with Gasteiger partial charge in [0.2, 0.25) is 15.9 Å². The van der Waals surface area contributed by atoms with Crippen molar-refractivity contribution in [2.24, 2.45) is 5.73 Å². The number of hydrogen-bond acceptors (Lipinski definition) is 8. The van der Waals surface area contributed by atoms with Crippen molar-refractivity contribution in [1.82, 2.24) is 14.9 Å². The molecule has 1 aromatic rings. The number of rotatable bonds is 14. The Labute approximate surface area is 187 Å². The summed E-state index contributed by atoms with van der Waals surface area (Å²) in [7, 11) is -1.03. The molecule has 6 N–H and O–H groups in total. The first-order valence-electron chi connectivity index (χ1n) is 9.70. The highest BCUT2D eigenvalue weighted by Crippen LogP contribution is 2.10. The van der Waals surface area contributed by atoms with Crippen LogP contribution in [0.15, 0.2) is 29.2 Å². The summed E-state index contributed by atoms with van der Waals surface area (Å²) in [6.45, 7) is 1.01. The van der Waals surface area contributed by atoms with Crippen molar-refractivity contribution in [2.75, 3.05) is 27.4 Å². The van der Waals surface area contributed by atoms with Gasteiger partial charge in [-0.1, -0.05) is 17.7 Å². The molecule has 0 saturated carbocycles. The molecule has 1 atom stereocenters. The Morgan fingerprint density at radius 3 is 2.34 bits per heavy atom. The minimum Gasteiger partial charge on any atom is -0.480 e. The van der Waals surface area contributed by atoms with Crippen molar-refractivity contribution in [3.8, 4) is 0 Å². The summed E-state index contributed by atoms with van der Waals surface area (Å²) >= 11 is 0. The highest BCUT2D eigenvalue weighted by atomic mass is 32.2. The molecule has 0 aliphatic heterocycles. The summed E-state index contributed by atoms with van der Waals surface area (Å²) < 4.78 is 36.7. The first-order valence-corrected chi connectivity index (χ1v) is 11.2. The van der Waals surface area contributed by atoms with E-state index in [4.69, 9.17) is 25.7 Å². The minimum atomic E-state index is -3.73. The maximum absolute atomic E-state index is 12.4. The molecule has 0 aliphatic carbocycles. The summed E-state index contributed by atoms with van der Waals surface area (Å²) in [5, 5.41) is 19.6. The van der Waals surface area contributed by atoms with E-state index in [9.17, 15) is 18.0 Å². The number of sulfonamides is 1. The summed E-state index contributed by atoms with van der Waals surface area (Å²) in [4.78, 5) is 24.6. The first kappa shape index (κ1) is 27.5. The van der Waals surface area contributed by atoms with Crippen LogP contribution in [0, 0.1) is 12.3 Å². The van der Waals surface area contributed by atoms with Gasteiger partial charge in [-0.15, -0.1) is 0 Å². The summed E-state index contributed by atoms with van der Waals surface area (Å²) in [6.07, 6.45) is -1.88. The molecule has 12 nitrogen and oxygen atoms in total. The zero-order valence-electron chi connectivity index (χ0n) is 18.3. The Morgan fingerprint density at radius 1 is 1.22 bits per heavy atom. The van der Waals surface area contributed by atoms with Crippen molar-refractivity contribution < 1.29 is 32.6 Å². The maximum atomic E-state index is 12.4. The SMILES string of the molecule is COC(CC(=O)N(CC(=O)O)[C@H](N)CCC(=N)NCNS(=O)(=O)c1ccc(C)cc1)OC. The Balaban J connectivity index is 2.56. The molecule has 180 valence electrons. The van der Waals surface area contributed by atoms with Gasteiger partial charge in [-0.3, -0.25) is 15.0 Å². The molecule has 0 aromatic heterocycles. The van der Waals surface area contributed by atoms with E-state index in [1.54, 1.807) is 12.1 Å². The molecule has 0 radical (unpaired) electrons. The number of carboxylic acid groups (broad SMARTS) is 1. The molecule has 0 bridgehead atoms. The lowest BCUT2D eigenvalue weighted by Crippen LogP contribution is -2.49. The molecule has 0 heterocycles. The van der Waals surface area contributed by atoms with Gasteiger partial charge in [0.05, 0.1) is 30.0 Å². The number of carbonyl (C=O) groups excluding carboxylic acids is 1. The second-order valence-corrected chi connectivity index (χ2v) is 8.69. The van der Waals surface area contributed by atoms with E-state index in [0.717, 1.165) is 10.5 Å². The number of aliphatic carboxylic acids is 1. The molecule has 1 amide bonds. The third-order valence-electron chi connectivity index (χ3n) is 4.48. The van der Waals surface area contributed by atoms with Crippen LogP contribution in [0.2, 0.25) is 0 Å². The number of ether oxygens (including phenoxy) is 2. The van der Waals surface area contributed by atoms with E-state index in [1.807, 2.05) is 6.92 Å². The fraction of sp³-hybridized carbons (Fsp3) is 0.526. The molecule has 0 spiro atoms. The molecular formula is C19H31N5O7S. The van der Waals surface area contributed by atoms with Crippen LogP contribution in [0.25, 0.3) is 0 Å². The van der Waals surface area contributed by atoms with Crippen molar-refractivity contribution >= 4 is 27.7 Å². The average Bonchev–Trinajstić information content (AvgIpc) is 2.74. The number of nitrogens with two attached hydrogens (primary N) is 1. The fourth-order valence-corrected chi connectivity index (χ4v) is 3.56. The number of nitrogens with one attached hydrogen (secondary N) is 3. The van der Waals surface area contributed by atoms with E-state index in [0.29, 0.717) is 0 Å². The Hall–Kier alpha value is -2.58. The van der Waals surface area contributed by atoms with Crippen molar-refractivity contribution in [3.05, 3.63) is 29.8 Å². The van der Waals surface area contributed by atoms with Crippen molar-refractivity contribution in [1.29, 1.82) is 5.41 Å². The van der Waals surface area contributed by atoms with Gasteiger partial charge in [0.15, 0.2) is 6.29 Å². The number of benzene rings is 1. The monoisotopic (exact) mass is 473 g/mol. The van der Waals surface area contributed by atoms with Crippen LogP contribution in [0.4, 0.5) is 0 Å². The van der Waals surface area contributed by atoms with Crippen LogP contribution in [0.1, 0.15) is 24.8 Å². The van der Waals surface area contributed by atoms with E-state index in [2.05, 4.69) is 10.0 Å². The second-order valence-electron chi connectivity index (χ2n) is 6.92. The normalized spacial score (nSPS) is 12.4. The molecule has 0 saturated heterocycles. The number of amides is 1. The fourth-order valence-electron chi connectivity index (χ4n) is 2.63. The number of aryl methyl sites for hydroxylation is 1. The summed E-state index contributed by atoms with van der Waals surface area (Å²) in [5.74, 6) is -1.83. The Bertz CT molecular complexity index is 873. The summed E-state index contributed by atoms with van der Waals surface area (Å²) in [6, 6.07) is 6.32. The van der Waals surface area contributed by atoms with Crippen LogP contribution < -0.4 is 15.8 Å². The average molecular weight is 474 g/mol. The van der Waals surface area contributed by atoms with Gasteiger partial charge >= 0.3 is 5.97 Å². The van der Waals surface area contributed by atoms with Gasteiger partial charge in [0.1, 0.15) is 6.54 Å². The van der Waals surface area contributed by atoms with Crippen LogP contribution in [0.3, 0.4) is 0 Å². The number of nitrogens with zero attached hydrogens (tertiary/aromatic N) is 1. The number of carbonyl (C=O) groups is 2. The van der Waals surface area contributed by atoms with Gasteiger partial charge in [0.25, 0.3) is 0 Å². The molecular weight excluding hydrogens is 442 g/mol. The van der Waals surface area contributed by atoms with Gasteiger partial charge in [0, 0.05) is 20.6 Å². The topological polar surface area (TPSA) is 184 Å². The molecule has 0 aliphatic rings. The number of hydrogen-bond donors (Lipinski definition) is 5. The molecule has 13 heteroatoms. The smallest absolute Gasteiger partial charge is 0.323 e. The third-order valence-corrected chi connectivity index (χ3v) is 5.90. The quantitative estimate of drug-likeness (QED) is 0.138. The van der Waals surface area contributed by atoms with Crippen LogP contribution in [0.5, 0.6) is 0 Å². The number of methoxy groups -OCH3 is 2. The Morgan fingerprint density at radius 2 is 1.81 bits per heavy atom. The van der Waals surface area contributed by atoms with Gasteiger partial charge in [-0.05, 0) is 25.5 Å². The molecule has 0 fully saturated rings. The third kappa shape index (κ3) is 9.28. The number of amidine groups is 1. The van der Waals surface area contributed by atoms with Crippen LogP contribution in [-0.4, -0.2) is 76.0 Å². The largest absolute Gasteiger partial charge is 0.480 e. The lowest BCUT2D eigenvalue weighted by molar-refractivity contribution is -0.155. The minimum absolute atomic E-state index is 0.0264. The lowest BCUT2D eigenvalue weighted by Gasteiger charge is -2.29. The number of carboxylic acids is 1. The maximum Gasteiger partial charge on any atom is 0.323 e. The second kappa shape index (κ2) is 13.1. The van der Waals surface area contributed by atoms with E-state index in [1.165, 1.54) is 26.4 Å². The lowest BCUT2D eigenvalue weighted by atomic mass is 10.2. The highest BCUT2D eigenvalue weighted by molar-refractivity contribution is 7.89. The van der Waals surface area contributed by atoms with Crippen molar-refractivity contribution in [2.45, 2.75) is 43.5 Å². The molecule has 32 heavy (non-hydrogen) atoms. The van der Waals surface area contributed by atoms with Gasteiger partial charge in [-0.25, -0.2) is 8.42 Å². The van der Waals surface area contributed by atoms with Crippen LogP contribution >= 0.6 is 0 Å². The van der Waals surface area contributed by atoms with Crippen LogP contribution in [-0.2, 0) is 29.1 Å². The first-order chi connectivity index (χ1) is 15.0. The Kier molecular flexibility index (Phi) is 11.2. The van der Waals surface area contributed by atoms with Crippen molar-refractivity contribution in [3.63, 3.8) is 0 Å². The highest BCUT2D eigenvalue weighted by Gasteiger charge is 2.26.